The molecule has 3 aromatic rings. The number of fused-ring (bicyclic) bond motifs is 1. The number of rotatable bonds is 7. The summed E-state index contributed by atoms with van der Waals surface area (Å²) in [6, 6.07) is 15.2. The molecule has 26 heavy (non-hydrogen) atoms. The van der Waals surface area contributed by atoms with Gasteiger partial charge in [-0.05, 0) is 36.2 Å². The van der Waals surface area contributed by atoms with Gasteiger partial charge in [0.15, 0.2) is 0 Å². The van der Waals surface area contributed by atoms with Crippen LogP contribution in [0.3, 0.4) is 0 Å². The average molecular weight is 370 g/mol. The SMILES string of the molecule is CCC(C)Cn1c(CCNC(=O)c2cccc(Cl)c2)nc2ccccc21. The summed E-state index contributed by atoms with van der Waals surface area (Å²) in [6.45, 7) is 5.93. The van der Waals surface area contributed by atoms with Crippen LogP contribution >= 0.6 is 11.6 Å². The third kappa shape index (κ3) is 4.25. The standard InChI is InChI=1S/C21H24ClN3O/c1-3-15(2)14-25-19-10-5-4-9-18(19)24-20(25)11-12-23-21(26)16-7-6-8-17(22)13-16/h4-10,13,15H,3,11-12,14H2,1-2H3,(H,23,26). The molecule has 4 nitrogen and oxygen atoms in total. The van der Waals surface area contributed by atoms with Gasteiger partial charge in [-0.25, -0.2) is 4.98 Å². The summed E-state index contributed by atoms with van der Waals surface area (Å²) in [5.74, 6) is 1.47. The molecule has 5 heteroatoms. The molecular weight excluding hydrogens is 346 g/mol. The van der Waals surface area contributed by atoms with Crippen molar-refractivity contribution in [2.45, 2.75) is 33.2 Å². The topological polar surface area (TPSA) is 46.9 Å². The van der Waals surface area contributed by atoms with Gasteiger partial charge in [0, 0.05) is 30.1 Å². The Bertz CT molecular complexity index is 903. The highest BCUT2D eigenvalue weighted by atomic mass is 35.5. The van der Waals surface area contributed by atoms with E-state index < -0.39 is 0 Å². The Morgan fingerprint density at radius 2 is 2.04 bits per heavy atom. The van der Waals surface area contributed by atoms with Crippen LogP contribution in [-0.4, -0.2) is 22.0 Å². The predicted octanol–water partition coefficient (Wildman–Crippen LogP) is 4.71. The molecule has 1 amide bonds. The Morgan fingerprint density at radius 1 is 1.23 bits per heavy atom. The Hall–Kier alpha value is -2.33. The smallest absolute Gasteiger partial charge is 0.251 e. The molecule has 136 valence electrons. The molecule has 1 N–H and O–H groups in total. The summed E-state index contributed by atoms with van der Waals surface area (Å²) in [4.78, 5) is 17.0. The first-order valence-electron chi connectivity index (χ1n) is 9.06. The molecule has 0 fully saturated rings. The average Bonchev–Trinajstić information content (AvgIpc) is 2.99. The minimum atomic E-state index is -0.114. The van der Waals surface area contributed by atoms with Gasteiger partial charge in [0.05, 0.1) is 11.0 Å². The van der Waals surface area contributed by atoms with E-state index in [2.05, 4.69) is 29.8 Å². The Morgan fingerprint density at radius 3 is 2.81 bits per heavy atom. The second-order valence-electron chi connectivity index (χ2n) is 6.66. The summed E-state index contributed by atoms with van der Waals surface area (Å²) >= 11 is 5.95. The molecule has 2 aromatic carbocycles. The van der Waals surface area contributed by atoms with Crippen molar-refractivity contribution in [1.82, 2.24) is 14.9 Å². The van der Waals surface area contributed by atoms with E-state index in [0.717, 1.165) is 29.8 Å². The van der Waals surface area contributed by atoms with Gasteiger partial charge in [-0.1, -0.05) is 50.1 Å². The molecule has 0 bridgehead atoms. The maximum atomic E-state index is 12.3. The van der Waals surface area contributed by atoms with Crippen molar-refractivity contribution in [3.8, 4) is 0 Å². The second-order valence-corrected chi connectivity index (χ2v) is 7.09. The van der Waals surface area contributed by atoms with Crippen LogP contribution in [0.1, 0.15) is 36.5 Å². The molecule has 0 spiro atoms. The lowest BCUT2D eigenvalue weighted by atomic mass is 10.1. The monoisotopic (exact) mass is 369 g/mol. The number of hydrogen-bond acceptors (Lipinski definition) is 2. The number of aromatic nitrogens is 2. The highest BCUT2D eigenvalue weighted by Gasteiger charge is 2.13. The van der Waals surface area contributed by atoms with Gasteiger partial charge in [-0.3, -0.25) is 4.79 Å². The fraction of sp³-hybridized carbons (Fsp3) is 0.333. The number of para-hydroxylation sites is 2. The number of carbonyl (C=O) groups is 1. The van der Waals surface area contributed by atoms with Crippen LogP contribution in [0.5, 0.6) is 0 Å². The van der Waals surface area contributed by atoms with Crippen molar-refractivity contribution in [2.75, 3.05) is 6.54 Å². The molecule has 0 aliphatic carbocycles. The molecule has 0 radical (unpaired) electrons. The lowest BCUT2D eigenvalue weighted by molar-refractivity contribution is 0.0954. The molecule has 3 rings (SSSR count). The largest absolute Gasteiger partial charge is 0.352 e. The summed E-state index contributed by atoms with van der Waals surface area (Å²) in [5, 5.41) is 3.53. The normalized spacial score (nSPS) is 12.3. The van der Waals surface area contributed by atoms with Crippen molar-refractivity contribution in [3.63, 3.8) is 0 Å². The van der Waals surface area contributed by atoms with E-state index in [0.29, 0.717) is 29.5 Å². The Labute approximate surface area is 159 Å². The fourth-order valence-corrected chi connectivity index (χ4v) is 3.17. The molecule has 0 saturated heterocycles. The Balaban J connectivity index is 1.72. The van der Waals surface area contributed by atoms with E-state index in [4.69, 9.17) is 16.6 Å². The zero-order valence-corrected chi connectivity index (χ0v) is 16.0. The molecule has 0 aliphatic heterocycles. The molecule has 1 unspecified atom stereocenters. The summed E-state index contributed by atoms with van der Waals surface area (Å²) in [5.41, 5.74) is 2.74. The lowest BCUT2D eigenvalue weighted by Crippen LogP contribution is -2.26. The number of hydrogen-bond donors (Lipinski definition) is 1. The maximum Gasteiger partial charge on any atom is 0.251 e. The number of benzene rings is 2. The van der Waals surface area contributed by atoms with E-state index in [9.17, 15) is 4.79 Å². The molecule has 0 saturated carbocycles. The Kier molecular flexibility index (Phi) is 5.94. The van der Waals surface area contributed by atoms with Gasteiger partial charge in [0.2, 0.25) is 0 Å². The molecule has 1 aromatic heterocycles. The molecule has 1 atom stereocenters. The number of amides is 1. The first-order valence-corrected chi connectivity index (χ1v) is 9.44. The van der Waals surface area contributed by atoms with Crippen molar-refractivity contribution in [3.05, 3.63) is 64.9 Å². The first kappa shape index (κ1) is 18.5. The van der Waals surface area contributed by atoms with Gasteiger partial charge in [-0.2, -0.15) is 0 Å². The lowest BCUT2D eigenvalue weighted by Gasteiger charge is -2.14. The van der Waals surface area contributed by atoms with Crippen LogP contribution in [0.25, 0.3) is 11.0 Å². The van der Waals surface area contributed by atoms with Crippen molar-refractivity contribution in [2.24, 2.45) is 5.92 Å². The summed E-state index contributed by atoms with van der Waals surface area (Å²) < 4.78 is 2.29. The third-order valence-electron chi connectivity index (χ3n) is 4.65. The van der Waals surface area contributed by atoms with Gasteiger partial charge in [0.1, 0.15) is 5.82 Å². The highest BCUT2D eigenvalue weighted by Crippen LogP contribution is 2.19. The fourth-order valence-electron chi connectivity index (χ4n) is 2.98. The van der Waals surface area contributed by atoms with E-state index >= 15 is 0 Å². The zero-order valence-electron chi connectivity index (χ0n) is 15.2. The zero-order chi connectivity index (χ0) is 18.5. The highest BCUT2D eigenvalue weighted by molar-refractivity contribution is 6.30. The van der Waals surface area contributed by atoms with E-state index in [1.54, 1.807) is 24.3 Å². The van der Waals surface area contributed by atoms with Crippen LogP contribution < -0.4 is 5.32 Å². The van der Waals surface area contributed by atoms with Gasteiger partial charge in [0.25, 0.3) is 5.91 Å². The maximum absolute atomic E-state index is 12.3. The van der Waals surface area contributed by atoms with Crippen LogP contribution in [0.15, 0.2) is 48.5 Å². The van der Waals surface area contributed by atoms with Crippen molar-refractivity contribution < 1.29 is 4.79 Å². The number of imidazole rings is 1. The summed E-state index contributed by atoms with van der Waals surface area (Å²) in [7, 11) is 0. The van der Waals surface area contributed by atoms with Crippen molar-refractivity contribution in [1.29, 1.82) is 0 Å². The minimum absolute atomic E-state index is 0.114. The number of carbonyl (C=O) groups excluding carboxylic acids is 1. The van der Waals surface area contributed by atoms with Crippen LogP contribution in [0.2, 0.25) is 5.02 Å². The first-order chi connectivity index (χ1) is 12.6. The minimum Gasteiger partial charge on any atom is -0.352 e. The predicted molar refractivity (Wildman–Crippen MR) is 107 cm³/mol. The van der Waals surface area contributed by atoms with E-state index in [-0.39, 0.29) is 5.91 Å². The quantitative estimate of drug-likeness (QED) is 0.655. The molecular formula is C21H24ClN3O. The number of nitrogens with zero attached hydrogens (tertiary/aromatic N) is 2. The van der Waals surface area contributed by atoms with E-state index in [1.807, 2.05) is 18.2 Å². The number of halogens is 1. The van der Waals surface area contributed by atoms with Crippen LogP contribution in [-0.2, 0) is 13.0 Å². The number of nitrogens with one attached hydrogen (secondary N) is 1. The molecule has 0 aliphatic rings. The van der Waals surface area contributed by atoms with E-state index in [1.165, 1.54) is 0 Å². The van der Waals surface area contributed by atoms with Gasteiger partial charge in [-0.15, -0.1) is 0 Å². The summed E-state index contributed by atoms with van der Waals surface area (Å²) in [6.07, 6.45) is 1.81. The van der Waals surface area contributed by atoms with Crippen LogP contribution in [0, 0.1) is 5.92 Å². The van der Waals surface area contributed by atoms with Gasteiger partial charge < -0.3 is 9.88 Å². The second kappa shape index (κ2) is 8.37. The molecule has 1 heterocycles. The van der Waals surface area contributed by atoms with Crippen molar-refractivity contribution >= 4 is 28.5 Å². The van der Waals surface area contributed by atoms with Crippen LogP contribution in [0.4, 0.5) is 0 Å². The van der Waals surface area contributed by atoms with Gasteiger partial charge >= 0.3 is 0 Å². The third-order valence-corrected chi connectivity index (χ3v) is 4.88.